The Kier molecular flexibility index (Phi) is 7.08. The third-order valence-electron chi connectivity index (χ3n) is 6.17. The number of carbonyl (C=O) groups excluding carboxylic acids is 2. The van der Waals surface area contributed by atoms with E-state index >= 15 is 0 Å². The fourth-order valence-corrected chi connectivity index (χ4v) is 4.13. The largest absolute Gasteiger partial charge is 0.367 e. The molecule has 2 N–H and O–H groups in total. The zero-order chi connectivity index (χ0) is 23.2. The highest BCUT2D eigenvalue weighted by Crippen LogP contribution is 2.24. The highest BCUT2D eigenvalue weighted by molar-refractivity contribution is 6.39. The fourth-order valence-electron chi connectivity index (χ4n) is 4.13. The smallest absolute Gasteiger partial charge is 0.313 e. The van der Waals surface area contributed by atoms with Crippen molar-refractivity contribution in [1.82, 2.24) is 5.32 Å². The molecule has 0 radical (unpaired) electrons. The summed E-state index contributed by atoms with van der Waals surface area (Å²) >= 11 is 0. The zero-order valence-electron chi connectivity index (χ0n) is 19.3. The second-order valence-corrected chi connectivity index (χ2v) is 8.84. The van der Waals surface area contributed by atoms with Gasteiger partial charge in [-0.3, -0.25) is 9.59 Å². The van der Waals surface area contributed by atoms with Gasteiger partial charge in [0.25, 0.3) is 0 Å². The van der Waals surface area contributed by atoms with Gasteiger partial charge in [0, 0.05) is 31.0 Å². The number of benzene rings is 3. The summed E-state index contributed by atoms with van der Waals surface area (Å²) in [6.07, 6.45) is 1.74. The van der Waals surface area contributed by atoms with Crippen LogP contribution in [-0.4, -0.2) is 24.9 Å². The van der Waals surface area contributed by atoms with Gasteiger partial charge < -0.3 is 15.5 Å². The Morgan fingerprint density at radius 3 is 2.27 bits per heavy atom. The van der Waals surface area contributed by atoms with Crippen LogP contribution in [0.5, 0.6) is 0 Å². The predicted octanol–water partition coefficient (Wildman–Crippen LogP) is 4.67. The number of nitrogens with one attached hydrogen (secondary N) is 2. The Labute approximate surface area is 195 Å². The van der Waals surface area contributed by atoms with Gasteiger partial charge in [0.05, 0.1) is 0 Å². The van der Waals surface area contributed by atoms with Crippen LogP contribution in [-0.2, 0) is 29.0 Å². The van der Waals surface area contributed by atoms with Gasteiger partial charge in [-0.25, -0.2) is 0 Å². The van der Waals surface area contributed by atoms with Crippen molar-refractivity contribution >= 4 is 23.2 Å². The quantitative estimate of drug-likeness (QED) is 0.547. The summed E-state index contributed by atoms with van der Waals surface area (Å²) in [6.45, 7) is 6.58. The average Bonchev–Trinajstić information content (AvgIpc) is 2.84. The lowest BCUT2D eigenvalue weighted by Crippen LogP contribution is -2.36. The van der Waals surface area contributed by atoms with Crippen LogP contribution in [0.1, 0.15) is 42.0 Å². The molecule has 33 heavy (non-hydrogen) atoms. The maximum Gasteiger partial charge on any atom is 0.313 e. The van der Waals surface area contributed by atoms with Crippen molar-refractivity contribution in [3.8, 4) is 0 Å². The maximum atomic E-state index is 12.2. The summed E-state index contributed by atoms with van der Waals surface area (Å²) in [5, 5.41) is 5.36. The number of fused-ring (bicyclic) bond motifs is 1. The number of carbonyl (C=O) groups is 2. The molecule has 1 aliphatic heterocycles. The lowest BCUT2D eigenvalue weighted by molar-refractivity contribution is -0.136. The summed E-state index contributed by atoms with van der Waals surface area (Å²) in [7, 11) is 0. The summed E-state index contributed by atoms with van der Waals surface area (Å²) in [5.41, 5.74) is 6.98. The molecule has 0 aromatic heterocycles. The molecule has 3 aromatic rings. The van der Waals surface area contributed by atoms with Crippen molar-refractivity contribution in [2.75, 3.05) is 23.3 Å². The van der Waals surface area contributed by atoms with E-state index in [0.717, 1.165) is 25.1 Å². The van der Waals surface area contributed by atoms with Gasteiger partial charge in [-0.2, -0.15) is 0 Å². The van der Waals surface area contributed by atoms with E-state index in [1.165, 1.54) is 22.4 Å². The van der Waals surface area contributed by atoms with Gasteiger partial charge in [-0.05, 0) is 65.3 Å². The van der Waals surface area contributed by atoms with Gasteiger partial charge in [0.2, 0.25) is 0 Å². The third kappa shape index (κ3) is 5.80. The molecule has 0 aliphatic carbocycles. The first-order valence-corrected chi connectivity index (χ1v) is 11.6. The Balaban J connectivity index is 1.23. The van der Waals surface area contributed by atoms with Crippen LogP contribution in [0.2, 0.25) is 0 Å². The number of anilines is 2. The van der Waals surface area contributed by atoms with Crippen molar-refractivity contribution in [1.29, 1.82) is 0 Å². The molecule has 1 aliphatic rings. The summed E-state index contributed by atoms with van der Waals surface area (Å²) in [5.74, 6) is -0.844. The van der Waals surface area contributed by atoms with Gasteiger partial charge >= 0.3 is 11.8 Å². The van der Waals surface area contributed by atoms with E-state index in [0.29, 0.717) is 24.6 Å². The Morgan fingerprint density at radius 1 is 0.879 bits per heavy atom. The number of amides is 2. The predicted molar refractivity (Wildman–Crippen MR) is 134 cm³/mol. The lowest BCUT2D eigenvalue weighted by Gasteiger charge is -2.30. The van der Waals surface area contributed by atoms with E-state index in [2.05, 4.69) is 77.9 Å². The summed E-state index contributed by atoms with van der Waals surface area (Å²) < 4.78 is 0. The minimum Gasteiger partial charge on any atom is -0.367 e. The molecule has 0 atom stereocenters. The number of rotatable bonds is 6. The molecule has 0 unspecified atom stereocenters. The highest BCUT2D eigenvalue weighted by Gasteiger charge is 2.16. The molecule has 170 valence electrons. The van der Waals surface area contributed by atoms with Crippen molar-refractivity contribution in [3.63, 3.8) is 0 Å². The first-order chi connectivity index (χ1) is 16.0. The van der Waals surface area contributed by atoms with E-state index in [-0.39, 0.29) is 0 Å². The van der Waals surface area contributed by atoms with Gasteiger partial charge in [-0.15, -0.1) is 0 Å². The average molecular weight is 442 g/mol. The Morgan fingerprint density at radius 2 is 1.58 bits per heavy atom. The fraction of sp³-hybridized carbons (Fsp3) is 0.286. The molecule has 0 saturated carbocycles. The molecule has 4 rings (SSSR count). The summed E-state index contributed by atoms with van der Waals surface area (Å²) in [4.78, 5) is 26.7. The van der Waals surface area contributed by atoms with Crippen LogP contribution in [0.4, 0.5) is 11.4 Å². The van der Waals surface area contributed by atoms with E-state index in [9.17, 15) is 9.59 Å². The molecule has 0 spiro atoms. The van der Waals surface area contributed by atoms with Crippen LogP contribution in [0, 0.1) is 0 Å². The van der Waals surface area contributed by atoms with Crippen molar-refractivity contribution in [2.24, 2.45) is 0 Å². The standard InChI is InChI=1S/C28H31N3O2/c1-20(2)22-9-11-25(12-10-22)30-28(33)27(32)29-17-15-21-7-13-26(14-8-21)31-18-16-23-5-3-4-6-24(23)19-31/h3-14,20H,15-19H2,1-2H3,(H,29,32)(H,30,33). The highest BCUT2D eigenvalue weighted by atomic mass is 16.2. The van der Waals surface area contributed by atoms with Gasteiger partial charge in [-0.1, -0.05) is 62.4 Å². The van der Waals surface area contributed by atoms with Crippen LogP contribution in [0.25, 0.3) is 0 Å². The van der Waals surface area contributed by atoms with E-state index in [1.807, 2.05) is 24.3 Å². The normalized spacial score (nSPS) is 12.9. The minimum absolute atomic E-state index is 0.412. The van der Waals surface area contributed by atoms with Crippen LogP contribution >= 0.6 is 0 Å². The van der Waals surface area contributed by atoms with Crippen LogP contribution in [0.3, 0.4) is 0 Å². The SMILES string of the molecule is CC(C)c1ccc(NC(=O)C(=O)NCCc2ccc(N3CCc4ccccc4C3)cc2)cc1. The maximum absolute atomic E-state index is 12.2. The van der Waals surface area contributed by atoms with Gasteiger partial charge in [0.15, 0.2) is 0 Å². The van der Waals surface area contributed by atoms with Crippen LogP contribution in [0.15, 0.2) is 72.8 Å². The Hall–Kier alpha value is -3.60. The topological polar surface area (TPSA) is 61.4 Å². The van der Waals surface area contributed by atoms with E-state index in [4.69, 9.17) is 0 Å². The Bertz CT molecular complexity index is 1100. The molecular formula is C28H31N3O2. The van der Waals surface area contributed by atoms with E-state index < -0.39 is 11.8 Å². The van der Waals surface area contributed by atoms with E-state index in [1.54, 1.807) is 0 Å². The van der Waals surface area contributed by atoms with Gasteiger partial charge in [0.1, 0.15) is 0 Å². The first kappa shape index (κ1) is 22.6. The number of nitrogens with zero attached hydrogens (tertiary/aromatic N) is 1. The lowest BCUT2D eigenvalue weighted by atomic mass is 9.99. The molecule has 2 amide bonds. The molecule has 5 heteroatoms. The zero-order valence-corrected chi connectivity index (χ0v) is 19.3. The first-order valence-electron chi connectivity index (χ1n) is 11.6. The minimum atomic E-state index is -0.645. The van der Waals surface area contributed by atoms with Crippen molar-refractivity contribution in [2.45, 2.75) is 39.2 Å². The summed E-state index contributed by atoms with van der Waals surface area (Å²) in [6, 6.07) is 24.7. The third-order valence-corrected chi connectivity index (χ3v) is 6.17. The van der Waals surface area contributed by atoms with Crippen molar-refractivity contribution < 1.29 is 9.59 Å². The molecule has 0 saturated heterocycles. The second-order valence-electron chi connectivity index (χ2n) is 8.84. The molecule has 1 heterocycles. The molecule has 3 aromatic carbocycles. The molecule has 0 fully saturated rings. The number of hydrogen-bond acceptors (Lipinski definition) is 3. The number of hydrogen-bond donors (Lipinski definition) is 2. The molecular weight excluding hydrogens is 410 g/mol. The molecule has 0 bridgehead atoms. The second kappa shape index (κ2) is 10.3. The monoisotopic (exact) mass is 441 g/mol. The molecule has 5 nitrogen and oxygen atoms in total. The van der Waals surface area contributed by atoms with Crippen LogP contribution < -0.4 is 15.5 Å². The van der Waals surface area contributed by atoms with Crippen molar-refractivity contribution in [3.05, 3.63) is 95.1 Å².